The molecule has 5 rings (SSSR count). The number of hydrogen-bond acceptors (Lipinski definition) is 3. The van der Waals surface area contributed by atoms with Crippen LogP contribution in [0.1, 0.15) is 72.4 Å². The molecule has 1 saturated heterocycles. The Labute approximate surface area is 195 Å². The highest BCUT2D eigenvalue weighted by Crippen LogP contribution is 2.44. The van der Waals surface area contributed by atoms with Crippen LogP contribution in [0.2, 0.25) is 0 Å². The molecule has 166 valence electrons. The Morgan fingerprint density at radius 2 is 1.91 bits per heavy atom. The summed E-state index contributed by atoms with van der Waals surface area (Å²) < 4.78 is 2.41. The Hall–Kier alpha value is -2.73. The number of nitrogens with one attached hydrogen (secondary N) is 1. The molecule has 0 spiro atoms. The molecule has 3 aromatic rings. The molecule has 32 heavy (non-hydrogen) atoms. The first-order valence-corrected chi connectivity index (χ1v) is 12.1. The molecule has 1 saturated carbocycles. The molecule has 0 unspecified atom stereocenters. The lowest BCUT2D eigenvalue weighted by atomic mass is 9.90. The summed E-state index contributed by atoms with van der Waals surface area (Å²) in [5, 5.41) is 4.52. The van der Waals surface area contributed by atoms with Crippen LogP contribution < -0.4 is 5.32 Å². The zero-order chi connectivity index (χ0) is 22.1. The van der Waals surface area contributed by atoms with E-state index in [4.69, 9.17) is 17.2 Å². The van der Waals surface area contributed by atoms with Gasteiger partial charge in [0.15, 0.2) is 5.11 Å². The van der Waals surface area contributed by atoms with Crippen molar-refractivity contribution in [3.63, 3.8) is 0 Å². The second-order valence-electron chi connectivity index (χ2n) is 9.10. The van der Waals surface area contributed by atoms with E-state index in [1.54, 1.807) is 0 Å². The van der Waals surface area contributed by atoms with Gasteiger partial charge in [0.1, 0.15) is 0 Å². The van der Waals surface area contributed by atoms with Crippen LogP contribution in [0.25, 0.3) is 0 Å². The summed E-state index contributed by atoms with van der Waals surface area (Å²) in [7, 11) is 0. The number of pyridine rings is 2. The van der Waals surface area contributed by atoms with Gasteiger partial charge in [-0.05, 0) is 74.3 Å². The predicted molar refractivity (Wildman–Crippen MR) is 131 cm³/mol. The molecule has 6 heteroatoms. The molecule has 0 amide bonds. The lowest BCUT2D eigenvalue weighted by molar-refractivity contribution is 0.196. The second-order valence-corrected chi connectivity index (χ2v) is 9.49. The summed E-state index contributed by atoms with van der Waals surface area (Å²) in [5.74, 6) is 0. The van der Waals surface area contributed by atoms with E-state index in [2.05, 4.69) is 57.9 Å². The minimum atomic E-state index is 0.0537. The molecule has 0 aromatic carbocycles. The monoisotopic (exact) mass is 445 g/mol. The maximum absolute atomic E-state index is 5.94. The minimum Gasteiger partial charge on any atom is -0.352 e. The standard InChI is InChI=1S/C26H31N5S/c1-18-15-22(19(2)30(18)17-20-9-8-13-27-16-20)25-24(23-12-6-7-14-28-23)29-26(32)31(25)21-10-4-3-5-11-21/h6-9,12-16,21,24-25H,3-5,10-11,17H2,1-2H3,(H,29,32)/t24-,25+/m1/s1. The minimum absolute atomic E-state index is 0.0537. The summed E-state index contributed by atoms with van der Waals surface area (Å²) in [5.41, 5.74) is 6.17. The highest BCUT2D eigenvalue weighted by atomic mass is 32.1. The van der Waals surface area contributed by atoms with Crippen LogP contribution in [0.3, 0.4) is 0 Å². The molecular weight excluding hydrogens is 414 g/mol. The van der Waals surface area contributed by atoms with Gasteiger partial charge >= 0.3 is 0 Å². The highest BCUT2D eigenvalue weighted by Gasteiger charge is 2.44. The molecule has 2 aliphatic rings. The fourth-order valence-electron chi connectivity index (χ4n) is 5.50. The zero-order valence-corrected chi connectivity index (χ0v) is 19.7. The number of aromatic nitrogens is 3. The first-order valence-electron chi connectivity index (χ1n) is 11.7. The van der Waals surface area contributed by atoms with Crippen molar-refractivity contribution >= 4 is 17.3 Å². The molecule has 2 atom stereocenters. The first-order chi connectivity index (χ1) is 15.6. The van der Waals surface area contributed by atoms with E-state index in [1.165, 1.54) is 54.6 Å². The maximum Gasteiger partial charge on any atom is 0.170 e. The SMILES string of the molecule is Cc1cc([C@H]2[C@@H](c3ccccn3)NC(=S)N2C2CCCCC2)c(C)n1Cc1cccnc1. The van der Waals surface area contributed by atoms with Crippen molar-refractivity contribution in [1.82, 2.24) is 24.8 Å². The molecule has 4 heterocycles. The lowest BCUT2D eigenvalue weighted by Gasteiger charge is -2.37. The van der Waals surface area contributed by atoms with E-state index >= 15 is 0 Å². The Bertz CT molecular complexity index is 1070. The van der Waals surface area contributed by atoms with Crippen molar-refractivity contribution in [3.05, 3.63) is 83.2 Å². The molecule has 2 fully saturated rings. The molecule has 0 bridgehead atoms. The fourth-order valence-corrected chi connectivity index (χ4v) is 5.88. The van der Waals surface area contributed by atoms with E-state index in [0.717, 1.165) is 17.4 Å². The van der Waals surface area contributed by atoms with E-state index in [0.29, 0.717) is 6.04 Å². The third-order valence-corrected chi connectivity index (χ3v) is 7.43. The van der Waals surface area contributed by atoms with Gasteiger partial charge < -0.3 is 14.8 Å². The van der Waals surface area contributed by atoms with E-state index in [1.807, 2.05) is 30.7 Å². The van der Waals surface area contributed by atoms with Crippen LogP contribution in [-0.4, -0.2) is 30.6 Å². The molecule has 1 N–H and O–H groups in total. The largest absolute Gasteiger partial charge is 0.352 e. The maximum atomic E-state index is 5.94. The van der Waals surface area contributed by atoms with Crippen molar-refractivity contribution in [2.75, 3.05) is 0 Å². The van der Waals surface area contributed by atoms with Crippen molar-refractivity contribution in [3.8, 4) is 0 Å². The van der Waals surface area contributed by atoms with Crippen LogP contribution in [-0.2, 0) is 6.54 Å². The van der Waals surface area contributed by atoms with Gasteiger partial charge in [-0.15, -0.1) is 0 Å². The Balaban J connectivity index is 1.56. The van der Waals surface area contributed by atoms with Gasteiger partial charge in [0.2, 0.25) is 0 Å². The zero-order valence-electron chi connectivity index (χ0n) is 18.9. The number of rotatable bonds is 5. The topological polar surface area (TPSA) is 46.0 Å². The lowest BCUT2D eigenvalue weighted by Crippen LogP contribution is -2.40. The van der Waals surface area contributed by atoms with E-state index in [-0.39, 0.29) is 12.1 Å². The third kappa shape index (κ3) is 3.92. The molecule has 5 nitrogen and oxygen atoms in total. The predicted octanol–water partition coefficient (Wildman–Crippen LogP) is 5.25. The second kappa shape index (κ2) is 9.02. The summed E-state index contributed by atoms with van der Waals surface area (Å²) in [6, 6.07) is 13.4. The Morgan fingerprint density at radius 3 is 2.62 bits per heavy atom. The molecule has 1 aliphatic heterocycles. The van der Waals surface area contributed by atoms with Gasteiger partial charge in [-0.1, -0.05) is 31.4 Å². The molecule has 1 aliphatic carbocycles. The van der Waals surface area contributed by atoms with Gasteiger partial charge in [-0.2, -0.15) is 0 Å². The fraction of sp³-hybridized carbons (Fsp3) is 0.423. The number of hydrogen-bond donors (Lipinski definition) is 1. The average molecular weight is 446 g/mol. The molecular formula is C26H31N5S. The van der Waals surface area contributed by atoms with Crippen molar-refractivity contribution in [1.29, 1.82) is 0 Å². The molecule has 0 radical (unpaired) electrons. The normalized spacial score (nSPS) is 21.7. The Morgan fingerprint density at radius 1 is 1.06 bits per heavy atom. The number of thiocarbonyl (C=S) groups is 1. The number of nitrogens with zero attached hydrogens (tertiary/aromatic N) is 4. The van der Waals surface area contributed by atoms with Crippen LogP contribution >= 0.6 is 12.2 Å². The van der Waals surface area contributed by atoms with E-state index in [9.17, 15) is 0 Å². The average Bonchev–Trinajstić information content (AvgIpc) is 3.32. The van der Waals surface area contributed by atoms with Gasteiger partial charge in [0, 0.05) is 42.6 Å². The smallest absolute Gasteiger partial charge is 0.170 e. The van der Waals surface area contributed by atoms with Crippen LogP contribution in [0.5, 0.6) is 0 Å². The van der Waals surface area contributed by atoms with E-state index < -0.39 is 0 Å². The highest BCUT2D eigenvalue weighted by molar-refractivity contribution is 7.80. The summed E-state index contributed by atoms with van der Waals surface area (Å²) in [6.07, 6.45) is 12.0. The third-order valence-electron chi connectivity index (χ3n) is 7.10. The van der Waals surface area contributed by atoms with Crippen LogP contribution in [0.15, 0.2) is 55.0 Å². The first kappa shape index (κ1) is 21.1. The van der Waals surface area contributed by atoms with Gasteiger partial charge in [0.25, 0.3) is 0 Å². The number of aryl methyl sites for hydroxylation is 1. The quantitative estimate of drug-likeness (QED) is 0.544. The summed E-state index contributed by atoms with van der Waals surface area (Å²) >= 11 is 5.94. The Kier molecular flexibility index (Phi) is 5.96. The van der Waals surface area contributed by atoms with Crippen molar-refractivity contribution in [2.45, 2.75) is 70.6 Å². The summed E-state index contributed by atoms with van der Waals surface area (Å²) in [4.78, 5) is 11.5. The molecule has 3 aromatic heterocycles. The van der Waals surface area contributed by atoms with Crippen LogP contribution in [0.4, 0.5) is 0 Å². The van der Waals surface area contributed by atoms with Crippen LogP contribution in [0, 0.1) is 13.8 Å². The van der Waals surface area contributed by atoms with Gasteiger partial charge in [-0.3, -0.25) is 9.97 Å². The van der Waals surface area contributed by atoms with Crippen molar-refractivity contribution in [2.24, 2.45) is 0 Å². The van der Waals surface area contributed by atoms with Gasteiger partial charge in [-0.25, -0.2) is 0 Å². The van der Waals surface area contributed by atoms with Crippen molar-refractivity contribution < 1.29 is 0 Å². The van der Waals surface area contributed by atoms with Gasteiger partial charge in [0.05, 0.1) is 17.8 Å². The summed E-state index contributed by atoms with van der Waals surface area (Å²) in [6.45, 7) is 5.27.